The highest BCUT2D eigenvalue weighted by Crippen LogP contribution is 2.25. The number of hydrogen-bond acceptors (Lipinski definition) is 6. The first kappa shape index (κ1) is 24.0. The van der Waals surface area contributed by atoms with Crippen LogP contribution in [0.15, 0.2) is 59.0 Å². The zero-order chi connectivity index (χ0) is 22.8. The molecule has 2 aromatic carbocycles. The fraction of sp³-hybridized carbons (Fsp3) is 0.360. The second-order valence-electron chi connectivity index (χ2n) is 7.14. The molecule has 0 bridgehead atoms. The van der Waals surface area contributed by atoms with Crippen molar-refractivity contribution >= 4 is 21.9 Å². The van der Waals surface area contributed by atoms with Gasteiger partial charge in [0, 0.05) is 25.0 Å². The van der Waals surface area contributed by atoms with Crippen molar-refractivity contribution in [2.24, 2.45) is 0 Å². The predicted octanol–water partition coefficient (Wildman–Crippen LogP) is 5.68. The molecule has 0 saturated heterocycles. The summed E-state index contributed by atoms with van der Waals surface area (Å²) in [5.74, 6) is 1.94. The van der Waals surface area contributed by atoms with Crippen molar-refractivity contribution in [1.29, 1.82) is 0 Å². The lowest BCUT2D eigenvalue weighted by atomic mass is 10.1. The minimum Gasteiger partial charge on any atom is -0.493 e. The summed E-state index contributed by atoms with van der Waals surface area (Å²) >= 11 is 3.09. The molecule has 0 saturated carbocycles. The van der Waals surface area contributed by atoms with Crippen molar-refractivity contribution in [2.75, 3.05) is 25.2 Å². The van der Waals surface area contributed by atoms with Crippen molar-refractivity contribution in [3.63, 3.8) is 0 Å². The Labute approximate surface area is 197 Å². The molecule has 0 N–H and O–H groups in total. The summed E-state index contributed by atoms with van der Waals surface area (Å²) in [5.41, 5.74) is 2.88. The van der Waals surface area contributed by atoms with E-state index in [9.17, 15) is 4.79 Å². The number of rotatable bonds is 12. The fourth-order valence-electron chi connectivity index (χ4n) is 3.27. The molecule has 7 heteroatoms. The van der Waals surface area contributed by atoms with Crippen LogP contribution in [0.2, 0.25) is 0 Å². The predicted molar refractivity (Wildman–Crippen MR) is 126 cm³/mol. The van der Waals surface area contributed by atoms with E-state index in [1.165, 1.54) is 0 Å². The standard InChI is InChI=1S/C25H28BrNO5/c1-3-29-23(14-16-31-24(28)17-26)19-9-11-21(12-10-19)30-15-13-22-18(2)32-25(27-22)20-7-5-4-6-8-20/h4-12,23H,3,13-17H2,1-2H3. The quantitative estimate of drug-likeness (QED) is 0.235. The number of aryl methyl sites for hydroxylation is 1. The summed E-state index contributed by atoms with van der Waals surface area (Å²) in [5, 5.41) is 0.194. The average molecular weight is 502 g/mol. The van der Waals surface area contributed by atoms with E-state index in [1.807, 2.05) is 68.4 Å². The average Bonchev–Trinajstić information content (AvgIpc) is 3.20. The van der Waals surface area contributed by atoms with E-state index in [0.29, 0.717) is 38.6 Å². The SMILES string of the molecule is CCOC(CCOC(=O)CBr)c1ccc(OCCc2nc(-c3ccccc3)oc2C)cc1. The van der Waals surface area contributed by atoms with Crippen LogP contribution in [0.1, 0.15) is 36.5 Å². The van der Waals surface area contributed by atoms with Gasteiger partial charge in [0.05, 0.1) is 25.0 Å². The lowest BCUT2D eigenvalue weighted by Crippen LogP contribution is -2.12. The highest BCUT2D eigenvalue weighted by atomic mass is 79.9. The Morgan fingerprint density at radius 2 is 1.84 bits per heavy atom. The third-order valence-corrected chi connectivity index (χ3v) is 5.35. The number of nitrogens with zero attached hydrogens (tertiary/aromatic N) is 1. The van der Waals surface area contributed by atoms with Crippen LogP contribution in [-0.2, 0) is 20.7 Å². The normalized spacial score (nSPS) is 11.8. The molecule has 0 fully saturated rings. The van der Waals surface area contributed by atoms with Crippen LogP contribution >= 0.6 is 15.9 Å². The second kappa shape index (κ2) is 12.4. The van der Waals surface area contributed by atoms with Crippen LogP contribution in [0, 0.1) is 6.92 Å². The van der Waals surface area contributed by atoms with Crippen LogP contribution < -0.4 is 4.74 Å². The van der Waals surface area contributed by atoms with Gasteiger partial charge in [0.15, 0.2) is 0 Å². The Hall–Kier alpha value is -2.64. The van der Waals surface area contributed by atoms with Crippen LogP contribution in [0.4, 0.5) is 0 Å². The Kier molecular flexibility index (Phi) is 9.31. The van der Waals surface area contributed by atoms with Gasteiger partial charge < -0.3 is 18.6 Å². The molecule has 170 valence electrons. The molecule has 1 heterocycles. The highest BCUT2D eigenvalue weighted by molar-refractivity contribution is 9.09. The third-order valence-electron chi connectivity index (χ3n) is 4.89. The van der Waals surface area contributed by atoms with Gasteiger partial charge in [-0.25, -0.2) is 4.98 Å². The van der Waals surface area contributed by atoms with Gasteiger partial charge in [-0.15, -0.1) is 0 Å². The maximum atomic E-state index is 11.3. The van der Waals surface area contributed by atoms with Gasteiger partial charge in [-0.1, -0.05) is 46.3 Å². The fourth-order valence-corrected chi connectivity index (χ4v) is 3.44. The molecular formula is C25H28BrNO5. The van der Waals surface area contributed by atoms with E-state index in [2.05, 4.69) is 20.9 Å². The number of benzene rings is 2. The van der Waals surface area contributed by atoms with Crippen LogP contribution in [0.25, 0.3) is 11.5 Å². The molecule has 0 aliphatic rings. The van der Waals surface area contributed by atoms with Gasteiger partial charge in [0.25, 0.3) is 0 Å². The van der Waals surface area contributed by atoms with Crippen molar-refractivity contribution < 1.29 is 23.4 Å². The molecule has 6 nitrogen and oxygen atoms in total. The summed E-state index contributed by atoms with van der Waals surface area (Å²) in [4.78, 5) is 15.9. The number of carbonyl (C=O) groups excluding carboxylic acids is 1. The lowest BCUT2D eigenvalue weighted by molar-refractivity contribution is -0.141. The van der Waals surface area contributed by atoms with Crippen molar-refractivity contribution in [3.8, 4) is 17.2 Å². The third kappa shape index (κ3) is 6.93. The largest absolute Gasteiger partial charge is 0.493 e. The molecule has 0 spiro atoms. The molecule has 1 unspecified atom stereocenters. The van der Waals surface area contributed by atoms with Crippen molar-refractivity contribution in [3.05, 3.63) is 71.6 Å². The number of oxazole rings is 1. The van der Waals surface area contributed by atoms with Gasteiger partial charge in [-0.3, -0.25) is 4.79 Å². The zero-order valence-corrected chi connectivity index (χ0v) is 20.0. The van der Waals surface area contributed by atoms with E-state index in [0.717, 1.165) is 28.3 Å². The molecule has 0 aliphatic heterocycles. The number of carbonyl (C=O) groups is 1. The molecular weight excluding hydrogens is 474 g/mol. The maximum absolute atomic E-state index is 11.3. The zero-order valence-electron chi connectivity index (χ0n) is 18.4. The lowest BCUT2D eigenvalue weighted by Gasteiger charge is -2.18. The van der Waals surface area contributed by atoms with E-state index in [1.54, 1.807) is 0 Å². The van der Waals surface area contributed by atoms with E-state index < -0.39 is 0 Å². The van der Waals surface area contributed by atoms with Gasteiger partial charge in [0.2, 0.25) is 5.89 Å². The van der Waals surface area contributed by atoms with Crippen molar-refractivity contribution in [2.45, 2.75) is 32.8 Å². The number of hydrogen-bond donors (Lipinski definition) is 0. The number of esters is 1. The molecule has 1 aromatic heterocycles. The molecule has 0 amide bonds. The number of halogens is 1. The monoisotopic (exact) mass is 501 g/mol. The molecule has 1 atom stereocenters. The molecule has 32 heavy (non-hydrogen) atoms. The molecule has 3 rings (SSSR count). The van der Waals surface area contributed by atoms with Gasteiger partial charge in [0.1, 0.15) is 16.8 Å². The first-order valence-corrected chi connectivity index (χ1v) is 11.8. The van der Waals surface area contributed by atoms with Crippen LogP contribution in [0.5, 0.6) is 5.75 Å². The Bertz CT molecular complexity index is 972. The van der Waals surface area contributed by atoms with E-state index in [-0.39, 0.29) is 17.4 Å². The highest BCUT2D eigenvalue weighted by Gasteiger charge is 2.14. The molecule has 0 radical (unpaired) electrons. The second-order valence-corrected chi connectivity index (χ2v) is 7.70. The molecule has 0 aliphatic carbocycles. The summed E-state index contributed by atoms with van der Waals surface area (Å²) in [6, 6.07) is 17.7. The minimum absolute atomic E-state index is 0.133. The Morgan fingerprint density at radius 3 is 2.53 bits per heavy atom. The summed E-state index contributed by atoms with van der Waals surface area (Å²) in [6.45, 7) is 5.27. The number of aromatic nitrogens is 1. The van der Waals surface area contributed by atoms with Gasteiger partial charge in [-0.2, -0.15) is 0 Å². The van der Waals surface area contributed by atoms with E-state index >= 15 is 0 Å². The first-order chi connectivity index (χ1) is 15.6. The summed E-state index contributed by atoms with van der Waals surface area (Å²) in [7, 11) is 0. The van der Waals surface area contributed by atoms with Gasteiger partial charge >= 0.3 is 5.97 Å². The van der Waals surface area contributed by atoms with Crippen LogP contribution in [0.3, 0.4) is 0 Å². The summed E-state index contributed by atoms with van der Waals surface area (Å²) < 4.78 is 22.7. The smallest absolute Gasteiger partial charge is 0.316 e. The minimum atomic E-state index is -0.276. The Morgan fingerprint density at radius 1 is 1.09 bits per heavy atom. The number of alkyl halides is 1. The van der Waals surface area contributed by atoms with Crippen molar-refractivity contribution in [1.82, 2.24) is 4.98 Å². The van der Waals surface area contributed by atoms with Crippen LogP contribution in [-0.4, -0.2) is 36.1 Å². The summed E-state index contributed by atoms with van der Waals surface area (Å²) in [6.07, 6.45) is 1.12. The topological polar surface area (TPSA) is 70.8 Å². The molecule has 3 aromatic rings. The van der Waals surface area contributed by atoms with E-state index in [4.69, 9.17) is 18.6 Å². The number of ether oxygens (including phenoxy) is 3. The first-order valence-electron chi connectivity index (χ1n) is 10.7. The Balaban J connectivity index is 1.52. The maximum Gasteiger partial charge on any atom is 0.316 e. The van der Waals surface area contributed by atoms with Gasteiger partial charge in [-0.05, 0) is 43.7 Å².